The number of carbonyl (C=O) groups is 3. The van der Waals surface area contributed by atoms with Crippen molar-refractivity contribution in [3.8, 4) is 0 Å². The van der Waals surface area contributed by atoms with Gasteiger partial charge in [-0.05, 0) is 43.7 Å². The van der Waals surface area contributed by atoms with Gasteiger partial charge < -0.3 is 18.8 Å². The van der Waals surface area contributed by atoms with Gasteiger partial charge >= 0.3 is 12.0 Å². The highest BCUT2D eigenvalue weighted by Gasteiger charge is 2.33. The maximum absolute atomic E-state index is 15.1. The number of ether oxygens (including phenoxy) is 1. The molecule has 0 unspecified atom stereocenters. The van der Waals surface area contributed by atoms with Gasteiger partial charge in [-0.3, -0.25) is 14.5 Å². The molecule has 2 amide bonds. The Bertz CT molecular complexity index is 1270. The summed E-state index contributed by atoms with van der Waals surface area (Å²) in [6, 6.07) is 13.6. The standard InChI is InChI=1S/C26H26FN3O6/c1-17(31)6-8-20-16-29(26(33)35-20)19-7-9-22(21(27)15-19)28-10-11-30(34-13-12-28)25(32)24-14-18-4-2-3-5-23(18)36-24/h2-5,7,9,14-15,20H,6,8,10-13,16H2,1H3/t20-/m0/s1. The van der Waals surface area contributed by atoms with E-state index in [0.29, 0.717) is 42.9 Å². The van der Waals surface area contributed by atoms with Crippen molar-refractivity contribution in [3.05, 3.63) is 60.1 Å². The van der Waals surface area contributed by atoms with Gasteiger partial charge in [-0.1, -0.05) is 18.2 Å². The first kappa shape index (κ1) is 23.8. The highest BCUT2D eigenvalue weighted by atomic mass is 19.1. The lowest BCUT2D eigenvalue weighted by atomic mass is 10.1. The van der Waals surface area contributed by atoms with Crippen LogP contribution in [0.2, 0.25) is 0 Å². The quantitative estimate of drug-likeness (QED) is 0.507. The zero-order valence-electron chi connectivity index (χ0n) is 19.8. The highest BCUT2D eigenvalue weighted by Crippen LogP contribution is 2.29. The van der Waals surface area contributed by atoms with Crippen LogP contribution in [0.4, 0.5) is 20.6 Å². The SMILES string of the molecule is CC(=O)CC[C@H]1CN(c2ccc(N3CCON(C(=O)c4cc5ccccc5o4)CC3)c(F)c2)C(=O)O1. The predicted octanol–water partition coefficient (Wildman–Crippen LogP) is 4.16. The van der Waals surface area contributed by atoms with Crippen molar-refractivity contribution in [1.82, 2.24) is 5.06 Å². The molecule has 2 aliphatic heterocycles. The Labute approximate surface area is 206 Å². The average Bonchev–Trinajstić information content (AvgIpc) is 3.37. The van der Waals surface area contributed by atoms with Crippen molar-refractivity contribution in [3.63, 3.8) is 0 Å². The Morgan fingerprint density at radius 1 is 1.08 bits per heavy atom. The number of anilines is 2. The second kappa shape index (κ2) is 9.98. The molecule has 0 N–H and O–H groups in total. The Morgan fingerprint density at radius 3 is 2.69 bits per heavy atom. The molecule has 0 saturated carbocycles. The fourth-order valence-corrected chi connectivity index (χ4v) is 4.43. The van der Waals surface area contributed by atoms with Crippen LogP contribution < -0.4 is 9.80 Å². The summed E-state index contributed by atoms with van der Waals surface area (Å²) in [6.07, 6.45) is -0.193. The molecule has 0 spiro atoms. The van der Waals surface area contributed by atoms with E-state index in [-0.39, 0.29) is 31.2 Å². The van der Waals surface area contributed by atoms with Gasteiger partial charge in [0.1, 0.15) is 23.3 Å². The largest absolute Gasteiger partial charge is 0.451 e. The molecular formula is C26H26FN3O6. The number of carbonyl (C=O) groups excluding carboxylic acids is 3. The highest BCUT2D eigenvalue weighted by molar-refractivity contribution is 5.95. The maximum atomic E-state index is 15.1. The molecule has 5 rings (SSSR count). The Hall–Kier alpha value is -3.92. The summed E-state index contributed by atoms with van der Waals surface area (Å²) in [7, 11) is 0. The van der Waals surface area contributed by atoms with Crippen LogP contribution in [0.15, 0.2) is 52.9 Å². The van der Waals surface area contributed by atoms with Crippen LogP contribution in [-0.2, 0) is 14.4 Å². The summed E-state index contributed by atoms with van der Waals surface area (Å²) in [5, 5.41) is 2.07. The van der Waals surface area contributed by atoms with Crippen molar-refractivity contribution >= 4 is 40.1 Å². The number of fused-ring (bicyclic) bond motifs is 1. The van der Waals surface area contributed by atoms with Gasteiger partial charge in [-0.25, -0.2) is 14.2 Å². The molecule has 10 heteroatoms. The number of Topliss-reactive ketones (excluding diaryl/α,β-unsaturated/α-hetero) is 1. The number of hydroxylamine groups is 2. The molecule has 188 valence electrons. The summed E-state index contributed by atoms with van der Waals surface area (Å²) in [6.45, 7) is 2.88. The van der Waals surface area contributed by atoms with Crippen LogP contribution in [-0.4, -0.2) is 61.7 Å². The number of benzene rings is 2. The maximum Gasteiger partial charge on any atom is 0.414 e. The van der Waals surface area contributed by atoms with E-state index in [9.17, 15) is 14.4 Å². The van der Waals surface area contributed by atoms with Gasteiger partial charge in [-0.15, -0.1) is 0 Å². The zero-order chi connectivity index (χ0) is 25.2. The fourth-order valence-electron chi connectivity index (χ4n) is 4.43. The number of cyclic esters (lactones) is 1. The van der Waals surface area contributed by atoms with E-state index < -0.39 is 23.9 Å². The summed E-state index contributed by atoms with van der Waals surface area (Å²) in [4.78, 5) is 45.2. The van der Waals surface area contributed by atoms with Crippen LogP contribution >= 0.6 is 0 Å². The van der Waals surface area contributed by atoms with Gasteiger partial charge in [0, 0.05) is 24.9 Å². The molecule has 2 saturated heterocycles. The van der Waals surface area contributed by atoms with Gasteiger partial charge in [0.15, 0.2) is 5.76 Å². The molecule has 3 aromatic rings. The van der Waals surface area contributed by atoms with Crippen molar-refractivity contribution < 1.29 is 32.8 Å². The summed E-state index contributed by atoms with van der Waals surface area (Å²) in [5.41, 5.74) is 1.35. The van der Waals surface area contributed by atoms with E-state index in [1.165, 1.54) is 23.0 Å². The number of halogens is 1. The lowest BCUT2D eigenvalue weighted by molar-refractivity contribution is -0.117. The lowest BCUT2D eigenvalue weighted by Crippen LogP contribution is -2.34. The number of amides is 2. The second-order valence-electron chi connectivity index (χ2n) is 8.87. The zero-order valence-corrected chi connectivity index (χ0v) is 19.8. The first-order valence-electron chi connectivity index (χ1n) is 11.8. The third kappa shape index (κ3) is 4.90. The molecule has 1 atom stereocenters. The van der Waals surface area contributed by atoms with Crippen LogP contribution in [0.3, 0.4) is 0 Å². The number of nitrogens with zero attached hydrogens (tertiary/aromatic N) is 3. The third-order valence-electron chi connectivity index (χ3n) is 6.32. The molecule has 2 aliphatic rings. The molecule has 1 aromatic heterocycles. The van der Waals surface area contributed by atoms with Crippen LogP contribution in [0, 0.1) is 5.82 Å². The molecule has 3 heterocycles. The molecular weight excluding hydrogens is 469 g/mol. The third-order valence-corrected chi connectivity index (χ3v) is 6.32. The van der Waals surface area contributed by atoms with E-state index in [2.05, 4.69) is 0 Å². The normalized spacial score (nSPS) is 18.4. The molecule has 36 heavy (non-hydrogen) atoms. The van der Waals surface area contributed by atoms with Crippen LogP contribution in [0.5, 0.6) is 0 Å². The molecule has 2 fully saturated rings. The number of hydrogen-bond donors (Lipinski definition) is 0. The van der Waals surface area contributed by atoms with Crippen molar-refractivity contribution in [1.29, 1.82) is 0 Å². The minimum atomic E-state index is -0.557. The first-order valence-corrected chi connectivity index (χ1v) is 11.8. The minimum Gasteiger partial charge on any atom is -0.451 e. The second-order valence-corrected chi connectivity index (χ2v) is 8.87. The summed E-state index contributed by atoms with van der Waals surface area (Å²) >= 11 is 0. The molecule has 0 radical (unpaired) electrons. The summed E-state index contributed by atoms with van der Waals surface area (Å²) in [5.74, 6) is -0.682. The molecule has 0 bridgehead atoms. The molecule has 0 aliphatic carbocycles. The predicted molar refractivity (Wildman–Crippen MR) is 129 cm³/mol. The number of hydrogen-bond acceptors (Lipinski definition) is 7. The van der Waals surface area contributed by atoms with Crippen molar-refractivity contribution in [2.75, 3.05) is 42.6 Å². The monoisotopic (exact) mass is 495 g/mol. The van der Waals surface area contributed by atoms with Crippen LogP contribution in [0.1, 0.15) is 30.3 Å². The lowest BCUT2D eigenvalue weighted by Gasteiger charge is -2.23. The number of furan rings is 1. The Balaban J connectivity index is 1.24. The van der Waals surface area contributed by atoms with Crippen molar-refractivity contribution in [2.24, 2.45) is 0 Å². The Kier molecular flexibility index (Phi) is 6.60. The van der Waals surface area contributed by atoms with E-state index in [1.54, 1.807) is 29.2 Å². The topological polar surface area (TPSA) is 92.5 Å². The fraction of sp³-hybridized carbons (Fsp3) is 0.346. The van der Waals surface area contributed by atoms with Crippen molar-refractivity contribution in [2.45, 2.75) is 25.9 Å². The number of rotatable bonds is 6. The van der Waals surface area contributed by atoms with Gasteiger partial charge in [0.25, 0.3) is 0 Å². The van der Waals surface area contributed by atoms with Gasteiger partial charge in [-0.2, -0.15) is 0 Å². The van der Waals surface area contributed by atoms with E-state index >= 15 is 4.39 Å². The van der Waals surface area contributed by atoms with Gasteiger partial charge in [0.2, 0.25) is 0 Å². The van der Waals surface area contributed by atoms with E-state index in [0.717, 1.165) is 5.39 Å². The average molecular weight is 496 g/mol. The molecule has 2 aromatic carbocycles. The van der Waals surface area contributed by atoms with Crippen LogP contribution in [0.25, 0.3) is 11.0 Å². The number of ketones is 1. The Morgan fingerprint density at radius 2 is 1.92 bits per heavy atom. The van der Waals surface area contributed by atoms with E-state index in [4.69, 9.17) is 14.0 Å². The number of para-hydroxylation sites is 1. The van der Waals surface area contributed by atoms with E-state index in [1.807, 2.05) is 18.2 Å². The first-order chi connectivity index (χ1) is 17.4. The smallest absolute Gasteiger partial charge is 0.414 e. The minimum absolute atomic E-state index is 0.0270. The molecule has 9 nitrogen and oxygen atoms in total. The van der Waals surface area contributed by atoms with Gasteiger partial charge in [0.05, 0.1) is 31.1 Å². The summed E-state index contributed by atoms with van der Waals surface area (Å²) < 4.78 is 26.1.